The number of anilines is 2. The van der Waals surface area contributed by atoms with Gasteiger partial charge in [0, 0.05) is 17.9 Å². The van der Waals surface area contributed by atoms with Crippen LogP contribution in [0.1, 0.15) is 25.8 Å². The first-order chi connectivity index (χ1) is 6.65. The van der Waals surface area contributed by atoms with Crippen LogP contribution in [-0.4, -0.2) is 6.54 Å². The second-order valence-electron chi connectivity index (χ2n) is 3.91. The first kappa shape index (κ1) is 10.9. The minimum absolute atomic E-state index is 0.704. The topological polar surface area (TPSA) is 38.0 Å². The van der Waals surface area contributed by atoms with Crippen molar-refractivity contribution in [3.8, 4) is 0 Å². The molecule has 1 atom stereocenters. The van der Waals surface area contributed by atoms with Gasteiger partial charge < -0.3 is 11.1 Å². The van der Waals surface area contributed by atoms with Gasteiger partial charge in [-0.05, 0) is 30.5 Å². The van der Waals surface area contributed by atoms with E-state index in [1.165, 1.54) is 6.42 Å². The Labute approximate surface area is 86.5 Å². The van der Waals surface area contributed by atoms with Gasteiger partial charge in [0.1, 0.15) is 0 Å². The Morgan fingerprint density at radius 3 is 2.79 bits per heavy atom. The summed E-state index contributed by atoms with van der Waals surface area (Å²) in [7, 11) is 0. The Morgan fingerprint density at radius 2 is 2.14 bits per heavy atom. The summed E-state index contributed by atoms with van der Waals surface area (Å²) in [5.74, 6) is 0.704. The zero-order valence-electron chi connectivity index (χ0n) is 9.30. The second-order valence-corrected chi connectivity index (χ2v) is 3.91. The molecular formula is C12H20N2. The van der Waals surface area contributed by atoms with E-state index in [4.69, 9.17) is 5.73 Å². The third-order valence-electron chi connectivity index (χ3n) is 2.71. The molecule has 0 aliphatic heterocycles. The van der Waals surface area contributed by atoms with Crippen LogP contribution < -0.4 is 11.1 Å². The zero-order chi connectivity index (χ0) is 10.6. The summed E-state index contributed by atoms with van der Waals surface area (Å²) in [5, 5.41) is 3.42. The Bertz CT molecular complexity index is 294. The van der Waals surface area contributed by atoms with E-state index in [0.29, 0.717) is 5.92 Å². The van der Waals surface area contributed by atoms with Gasteiger partial charge in [0.15, 0.2) is 0 Å². The van der Waals surface area contributed by atoms with Crippen LogP contribution in [0.3, 0.4) is 0 Å². The quantitative estimate of drug-likeness (QED) is 0.720. The highest BCUT2D eigenvalue weighted by Gasteiger charge is 2.02. The largest absolute Gasteiger partial charge is 0.398 e. The fourth-order valence-electron chi connectivity index (χ4n) is 1.27. The van der Waals surface area contributed by atoms with Crippen molar-refractivity contribution in [1.82, 2.24) is 0 Å². The lowest BCUT2D eigenvalue weighted by Gasteiger charge is -2.14. The van der Waals surface area contributed by atoms with Crippen molar-refractivity contribution in [3.05, 3.63) is 23.8 Å². The van der Waals surface area contributed by atoms with Gasteiger partial charge in [-0.2, -0.15) is 0 Å². The highest BCUT2D eigenvalue weighted by molar-refractivity contribution is 5.62. The van der Waals surface area contributed by atoms with E-state index in [1.54, 1.807) is 0 Å². The van der Waals surface area contributed by atoms with E-state index >= 15 is 0 Å². The van der Waals surface area contributed by atoms with Crippen LogP contribution >= 0.6 is 0 Å². The number of rotatable bonds is 4. The molecule has 14 heavy (non-hydrogen) atoms. The molecule has 1 aromatic carbocycles. The number of nitrogen functional groups attached to an aromatic ring is 1. The minimum atomic E-state index is 0.704. The predicted molar refractivity (Wildman–Crippen MR) is 63.5 cm³/mol. The van der Waals surface area contributed by atoms with Crippen molar-refractivity contribution < 1.29 is 0 Å². The third-order valence-corrected chi connectivity index (χ3v) is 2.71. The first-order valence-corrected chi connectivity index (χ1v) is 5.24. The summed E-state index contributed by atoms with van der Waals surface area (Å²) in [6.45, 7) is 7.52. The van der Waals surface area contributed by atoms with Crippen LogP contribution in [0.5, 0.6) is 0 Å². The molecule has 0 spiro atoms. The Hall–Kier alpha value is -1.18. The smallest absolute Gasteiger partial charge is 0.0390 e. The Morgan fingerprint density at radius 1 is 1.43 bits per heavy atom. The molecule has 2 heteroatoms. The van der Waals surface area contributed by atoms with Crippen molar-refractivity contribution in [1.29, 1.82) is 0 Å². The van der Waals surface area contributed by atoms with Crippen LogP contribution in [0.15, 0.2) is 18.2 Å². The monoisotopic (exact) mass is 192 g/mol. The summed E-state index contributed by atoms with van der Waals surface area (Å²) < 4.78 is 0. The van der Waals surface area contributed by atoms with Crippen LogP contribution in [0.4, 0.5) is 11.4 Å². The van der Waals surface area contributed by atoms with E-state index in [-0.39, 0.29) is 0 Å². The molecule has 0 aliphatic rings. The normalized spacial score (nSPS) is 12.5. The highest BCUT2D eigenvalue weighted by Crippen LogP contribution is 2.20. The molecule has 78 valence electrons. The molecule has 1 rings (SSSR count). The van der Waals surface area contributed by atoms with E-state index < -0.39 is 0 Å². The minimum Gasteiger partial charge on any atom is -0.398 e. The zero-order valence-corrected chi connectivity index (χ0v) is 9.30. The molecule has 1 unspecified atom stereocenters. The summed E-state index contributed by atoms with van der Waals surface area (Å²) in [6.07, 6.45) is 1.20. The number of benzene rings is 1. The maximum Gasteiger partial charge on any atom is 0.0390 e. The van der Waals surface area contributed by atoms with Gasteiger partial charge in [0.2, 0.25) is 0 Å². The van der Waals surface area contributed by atoms with E-state index in [9.17, 15) is 0 Å². The van der Waals surface area contributed by atoms with Gasteiger partial charge in [-0.3, -0.25) is 0 Å². The van der Waals surface area contributed by atoms with Crippen molar-refractivity contribution in [2.24, 2.45) is 5.92 Å². The van der Waals surface area contributed by atoms with Crippen LogP contribution in [0.25, 0.3) is 0 Å². The molecule has 0 radical (unpaired) electrons. The molecule has 0 amide bonds. The van der Waals surface area contributed by atoms with Gasteiger partial charge in [0.05, 0.1) is 0 Å². The van der Waals surface area contributed by atoms with Crippen molar-refractivity contribution in [2.45, 2.75) is 27.2 Å². The number of hydrogen-bond donors (Lipinski definition) is 2. The van der Waals surface area contributed by atoms with Gasteiger partial charge in [0.25, 0.3) is 0 Å². The molecule has 0 bridgehead atoms. The van der Waals surface area contributed by atoms with E-state index in [2.05, 4.69) is 25.2 Å². The maximum atomic E-state index is 5.82. The summed E-state index contributed by atoms with van der Waals surface area (Å²) in [4.78, 5) is 0. The van der Waals surface area contributed by atoms with Crippen molar-refractivity contribution in [3.63, 3.8) is 0 Å². The van der Waals surface area contributed by atoms with Crippen LogP contribution in [0.2, 0.25) is 0 Å². The van der Waals surface area contributed by atoms with Gasteiger partial charge in [-0.15, -0.1) is 0 Å². The molecule has 0 aliphatic carbocycles. The molecule has 0 fully saturated rings. The lowest BCUT2D eigenvalue weighted by molar-refractivity contribution is 0.593. The van der Waals surface area contributed by atoms with Crippen LogP contribution in [-0.2, 0) is 0 Å². The van der Waals surface area contributed by atoms with Crippen LogP contribution in [0, 0.1) is 12.8 Å². The fourth-order valence-corrected chi connectivity index (χ4v) is 1.27. The number of nitrogens with two attached hydrogens (primary N) is 1. The average molecular weight is 192 g/mol. The molecule has 1 aromatic rings. The summed E-state index contributed by atoms with van der Waals surface area (Å²) in [5.41, 5.74) is 8.99. The summed E-state index contributed by atoms with van der Waals surface area (Å²) in [6, 6.07) is 6.00. The molecule has 2 nitrogen and oxygen atoms in total. The average Bonchev–Trinajstić information content (AvgIpc) is 2.20. The fraction of sp³-hybridized carbons (Fsp3) is 0.500. The standard InChI is InChI=1S/C12H20N2/c1-4-9(2)8-14-12-7-5-6-11(13)10(12)3/h5-7,9,14H,4,8,13H2,1-3H3. The lowest BCUT2D eigenvalue weighted by Crippen LogP contribution is -2.11. The highest BCUT2D eigenvalue weighted by atomic mass is 14.9. The molecule has 0 saturated carbocycles. The van der Waals surface area contributed by atoms with Gasteiger partial charge in [-0.25, -0.2) is 0 Å². The molecule has 0 heterocycles. The molecule has 3 N–H and O–H groups in total. The predicted octanol–water partition coefficient (Wildman–Crippen LogP) is 3.04. The Kier molecular flexibility index (Phi) is 3.81. The number of hydrogen-bond acceptors (Lipinski definition) is 2. The van der Waals surface area contributed by atoms with E-state index in [0.717, 1.165) is 23.5 Å². The van der Waals surface area contributed by atoms with Gasteiger partial charge in [-0.1, -0.05) is 26.3 Å². The van der Waals surface area contributed by atoms with E-state index in [1.807, 2.05) is 19.1 Å². The first-order valence-electron chi connectivity index (χ1n) is 5.24. The third kappa shape index (κ3) is 2.66. The molecule has 0 aromatic heterocycles. The van der Waals surface area contributed by atoms with Crippen molar-refractivity contribution >= 4 is 11.4 Å². The number of nitrogens with one attached hydrogen (secondary N) is 1. The Balaban J connectivity index is 2.63. The SMILES string of the molecule is CCC(C)CNc1cccc(N)c1C. The van der Waals surface area contributed by atoms with Crippen molar-refractivity contribution in [2.75, 3.05) is 17.6 Å². The van der Waals surface area contributed by atoms with Gasteiger partial charge >= 0.3 is 0 Å². The molecule has 0 saturated heterocycles. The maximum absolute atomic E-state index is 5.82. The lowest BCUT2D eigenvalue weighted by atomic mass is 10.1. The second kappa shape index (κ2) is 4.89. The molecular weight excluding hydrogens is 172 g/mol. The summed E-state index contributed by atoms with van der Waals surface area (Å²) >= 11 is 0.